The quantitative estimate of drug-likeness (QED) is 0.0144. The number of allylic oxidation sites excluding steroid dienone is 4. The third-order valence-electron chi connectivity index (χ3n) is 25.5. The summed E-state index contributed by atoms with van der Waals surface area (Å²) < 4.78 is 46.2. The maximum Gasteiger partial charge on any atom is 1.00 e. The SMILES string of the molecule is CN(C)C1=CC2Oc3cc(N(C)C)ccc3C(C#N)C2C=C1.CN(C)C1=CC2Oc3cc(N(C)C)ccc3C(C(=O)NO)C2C=C1.CN(C)C1=CC2Oc3cc(N(C)C)ccc3C(C(=O)NOC=O)C2C=C1.CN(C)c1ccc2cc3ccc(=[N+](C)C)cc-3oc2c1.CN(C)c1ccc2cc3ccc(=[N+](C)C)cc-3oc2c1.COC(=O)C1c2ccc(N(C)C)cc2OC2C=C(N(C)C)C=CC21.O.[C-]#N.[Cl-].[Cl-].[K+].[NH3+]O. The van der Waals surface area contributed by atoms with E-state index in [1.54, 1.807) is 0 Å². The largest absolute Gasteiger partial charge is 1.00 e. The number of hydroxylamine groups is 2. The van der Waals surface area contributed by atoms with Crippen molar-refractivity contribution in [3.63, 3.8) is 0 Å². The number of nitrogens with one attached hydrogen (secondary N) is 2. The van der Waals surface area contributed by atoms with Crippen LogP contribution in [0.5, 0.6) is 23.0 Å². The number of nitriles is 1. The Morgan fingerprint density at radius 1 is 0.410 bits per heavy atom. The van der Waals surface area contributed by atoms with E-state index in [1.165, 1.54) is 7.11 Å². The third-order valence-corrected chi connectivity index (χ3v) is 25.5. The van der Waals surface area contributed by atoms with Crippen LogP contribution in [0.3, 0.4) is 0 Å². The standard InChI is InChI=1S/C19H23N3O4.C19H24N2O3.C18H23N3O3.C18H21N3O.2C17H19N2O.CN.2ClH.K.H4NO.H2O/c1-21(2)12-5-7-14-16(9-12)26-17-10-13(22(3)4)6-8-15(17)18(14)19(24)20-25-11-23;1-20(2)12-6-8-14-16(10-12)24-17-11-13(21(3)4)7-9-15(17)18(14)19(22)23-5;1-20(2)11-5-7-13-15(9-11)24-16-10-12(21(3)4)6-8-14(16)17(13)18(22)19-23;1-20(2)12-5-7-14-16(11-19)15-8-6-13(21(3)4)10-18(15)22-17(14)9-12;2*1-18(2)14-7-5-12-9-13-6-8-15(19(3)4)11-17(13)20-16(12)10-14;1-2;;;;1-2;/h5-11,14,16,18H,1-4H3,(H,20,24);6-11,14,16,18H,1-5H3;5-10,13,15,17,23H,1-4H3,(H,19,22);5-10,14,16-17H,1-4H3;2*5-11H,1-4H3;;2*1H;;2H,1H3;1H2/q;;;;2*+1;-1;;;2*+1;/p-2. The number of fused-ring (bicyclic) bond motifs is 12. The van der Waals surface area contributed by atoms with Gasteiger partial charge in [-0.3, -0.25) is 24.4 Å². The molecule has 6 aromatic carbocycles. The number of likely N-dealkylation sites (N-methyl/N-ethyl adjacent to an activating group) is 4. The molecular weight excluding hydrogens is 1900 g/mol. The van der Waals surface area contributed by atoms with E-state index >= 15 is 0 Å². The molecule has 0 saturated carbocycles. The first-order chi connectivity index (χ1) is 66.8. The van der Waals surface area contributed by atoms with E-state index in [0.29, 0.717) is 11.5 Å². The molecule has 12 unspecified atom stereocenters. The van der Waals surface area contributed by atoms with Crippen molar-refractivity contribution in [1.82, 2.24) is 39.7 Å². The van der Waals surface area contributed by atoms with Crippen molar-refractivity contribution < 1.29 is 155 Å². The molecule has 18 rings (SSSR count). The number of halogens is 2. The number of carbonyl (C=O) groups is 4. The summed E-state index contributed by atoms with van der Waals surface area (Å²) in [4.78, 5) is 72.7. The summed E-state index contributed by atoms with van der Waals surface area (Å²) in [6.45, 7) is 4.95. The number of rotatable bonds is 15. The number of quaternary nitrogens is 1. The molecule has 32 nitrogen and oxygen atoms in total. The van der Waals surface area contributed by atoms with Crippen molar-refractivity contribution in [3.8, 4) is 51.7 Å². The number of amides is 2. The predicted molar refractivity (Wildman–Crippen MR) is 554 cm³/mol. The second kappa shape index (κ2) is 52.8. The Bertz CT molecular complexity index is 6320. The summed E-state index contributed by atoms with van der Waals surface area (Å²) in [5.41, 5.74) is 22.2. The van der Waals surface area contributed by atoms with Gasteiger partial charge < -0.3 is 128 Å². The molecule has 35 heteroatoms. The average molecular weight is 2030 g/mol. The summed E-state index contributed by atoms with van der Waals surface area (Å²) in [7, 11) is 49.4. The molecule has 0 spiro atoms. The zero-order chi connectivity index (χ0) is 102. The van der Waals surface area contributed by atoms with Gasteiger partial charge in [0.2, 0.25) is 10.7 Å². The fourth-order valence-corrected chi connectivity index (χ4v) is 17.5. The van der Waals surface area contributed by atoms with Crippen LogP contribution in [0.2, 0.25) is 0 Å². The van der Waals surface area contributed by atoms with E-state index in [4.69, 9.17) is 49.6 Å². The molecule has 0 radical (unpaired) electrons. The zero-order valence-electron chi connectivity index (χ0n) is 87.0. The van der Waals surface area contributed by atoms with Gasteiger partial charge in [-0.05, 0) is 121 Å². The van der Waals surface area contributed by atoms with Gasteiger partial charge in [0, 0.05) is 314 Å². The predicted octanol–water partition coefficient (Wildman–Crippen LogP) is 2.49. The Labute approximate surface area is 899 Å². The zero-order valence-corrected chi connectivity index (χ0v) is 91.6. The molecule has 0 bridgehead atoms. The minimum atomic E-state index is -0.517. The number of benzene rings is 8. The topological polar surface area (TPSA) is 360 Å². The summed E-state index contributed by atoms with van der Waals surface area (Å²) in [5, 5.41) is 36.4. The van der Waals surface area contributed by atoms with E-state index < -0.39 is 17.7 Å². The molecular formula is C109H135Cl2KN17O15+. The first-order valence-corrected chi connectivity index (χ1v) is 45.7. The summed E-state index contributed by atoms with van der Waals surface area (Å²) in [6.07, 6.45) is 23.6. The van der Waals surface area contributed by atoms with E-state index in [1.807, 2.05) is 324 Å². The Morgan fingerprint density at radius 3 is 1.01 bits per heavy atom. The van der Waals surface area contributed by atoms with Crippen molar-refractivity contribution in [1.29, 1.82) is 10.5 Å². The van der Waals surface area contributed by atoms with Gasteiger partial charge in [-0.2, -0.15) is 10.7 Å². The van der Waals surface area contributed by atoms with E-state index in [0.717, 1.165) is 146 Å². The van der Waals surface area contributed by atoms with Crippen LogP contribution in [-0.2, 0) is 28.8 Å². The second-order valence-corrected chi connectivity index (χ2v) is 37.2. The molecule has 760 valence electrons. The number of hydrogen-bond acceptors (Lipinski definition) is 26. The fraction of sp³-hybridized carbons (Fsp3) is 0.339. The summed E-state index contributed by atoms with van der Waals surface area (Å²) in [5.74, 6) is 4.14. The number of anilines is 6. The minimum absolute atomic E-state index is 0. The first-order valence-electron chi connectivity index (χ1n) is 45.7. The van der Waals surface area contributed by atoms with Crippen molar-refractivity contribution >= 4 is 80.3 Å². The summed E-state index contributed by atoms with van der Waals surface area (Å²) in [6, 6.07) is 55.6. The van der Waals surface area contributed by atoms with Gasteiger partial charge in [-0.25, -0.2) is 25.7 Å². The van der Waals surface area contributed by atoms with E-state index in [9.17, 15) is 29.6 Å². The summed E-state index contributed by atoms with van der Waals surface area (Å²) >= 11 is 0. The molecule has 6 aromatic rings. The van der Waals surface area contributed by atoms with Crippen LogP contribution in [0.15, 0.2) is 262 Å². The van der Waals surface area contributed by atoms with E-state index in [-0.39, 0.29) is 160 Å². The average Bonchev–Trinajstić information content (AvgIpc) is 0.753. The molecule has 6 aliphatic heterocycles. The molecule has 12 aliphatic rings. The third kappa shape index (κ3) is 27.4. The van der Waals surface area contributed by atoms with Gasteiger partial charge in [0.05, 0.1) is 49.0 Å². The molecule has 6 aliphatic carbocycles. The van der Waals surface area contributed by atoms with Crippen LogP contribution < -0.4 is 161 Å². The Balaban J connectivity index is 0.000000232. The van der Waals surface area contributed by atoms with Crippen molar-refractivity contribution in [2.75, 3.05) is 206 Å². The number of ether oxygens (including phenoxy) is 5. The van der Waals surface area contributed by atoms with Gasteiger partial charge in [0.25, 0.3) is 11.8 Å². The Kier molecular flexibility index (Phi) is 43.2. The molecule has 12 atom stereocenters. The van der Waals surface area contributed by atoms with Crippen LogP contribution in [0.1, 0.15) is 45.9 Å². The fourth-order valence-electron chi connectivity index (χ4n) is 17.5. The van der Waals surface area contributed by atoms with Crippen LogP contribution in [0, 0.1) is 46.8 Å². The molecule has 2 amide bonds. The monoisotopic (exact) mass is 2030 g/mol. The second-order valence-electron chi connectivity index (χ2n) is 37.2. The van der Waals surface area contributed by atoms with Crippen LogP contribution in [-0.4, -0.2) is 260 Å². The van der Waals surface area contributed by atoms with Gasteiger partial charge in [0.1, 0.15) is 98.3 Å². The maximum absolute atomic E-state index is 12.7. The van der Waals surface area contributed by atoms with Gasteiger partial charge in [0.15, 0.2) is 0 Å². The maximum atomic E-state index is 12.7. The van der Waals surface area contributed by atoms with Crippen LogP contribution >= 0.6 is 0 Å². The number of hydrogen-bond donors (Lipinski definition) is 5. The van der Waals surface area contributed by atoms with E-state index in [2.05, 4.69) is 161 Å². The van der Waals surface area contributed by atoms with Gasteiger partial charge >= 0.3 is 63.8 Å². The number of esters is 1. The molecule has 0 aromatic heterocycles. The van der Waals surface area contributed by atoms with Gasteiger partial charge in [-0.1, -0.05) is 48.6 Å². The van der Waals surface area contributed by atoms with Crippen molar-refractivity contribution in [2.24, 2.45) is 23.7 Å². The molecule has 0 fully saturated rings. The molecule has 9 N–H and O–H groups in total. The Hall–Kier alpha value is -13.3. The normalized spacial score (nSPS) is 19.2. The molecule has 6 heterocycles. The molecule has 144 heavy (non-hydrogen) atoms. The van der Waals surface area contributed by atoms with Crippen molar-refractivity contribution in [2.45, 2.75) is 48.1 Å². The van der Waals surface area contributed by atoms with Crippen molar-refractivity contribution in [3.05, 3.63) is 293 Å². The number of methoxy groups -OCH3 is 1. The van der Waals surface area contributed by atoms with Crippen LogP contribution in [0.4, 0.5) is 34.1 Å². The number of carbonyl (C=O) groups excluding carboxylic acids is 4. The first kappa shape index (κ1) is 118. The Morgan fingerprint density at radius 2 is 0.701 bits per heavy atom. The van der Waals surface area contributed by atoms with Crippen LogP contribution in [0.25, 0.3) is 44.6 Å². The smallest absolute Gasteiger partial charge is 1.00 e. The van der Waals surface area contributed by atoms with Gasteiger partial charge in [-0.15, -0.1) is 0 Å². The minimum Gasteiger partial charge on any atom is -1.00 e. The molecule has 0 saturated heterocycles. The number of nitrogens with zero attached hydrogens (tertiary/aromatic N) is 14.